The molecule has 0 radical (unpaired) electrons. The van der Waals surface area contributed by atoms with Gasteiger partial charge in [0.05, 0.1) is 6.54 Å². The van der Waals surface area contributed by atoms with Crippen molar-refractivity contribution in [2.75, 3.05) is 0 Å². The lowest BCUT2D eigenvalue weighted by Gasteiger charge is -2.12. The third-order valence-electron chi connectivity index (χ3n) is 4.82. The van der Waals surface area contributed by atoms with E-state index in [2.05, 4.69) is 11.6 Å². The molecule has 0 aliphatic carbocycles. The van der Waals surface area contributed by atoms with Crippen LogP contribution < -0.4 is 11.2 Å². The van der Waals surface area contributed by atoms with Crippen LogP contribution in [0.3, 0.4) is 0 Å². The maximum Gasteiger partial charge on any atom is 0.332 e. The maximum atomic E-state index is 14.6. The standard InChI is InChI=1S/C22H22ClFN4O2/c1-5-7-10-14(9-6-2)19-25-20-18(21(29)27(4)22(30)26(20)3)28(19)13-15-16(23)11-8-12-17(15)24/h5,7-12H,1,6,13H2,2-4H3/b10-7-,14-9+. The van der Waals surface area contributed by atoms with E-state index in [1.807, 2.05) is 13.0 Å². The molecule has 0 aliphatic heterocycles. The number of hydrogen-bond donors (Lipinski definition) is 0. The van der Waals surface area contributed by atoms with Crippen molar-refractivity contribution >= 4 is 28.3 Å². The normalized spacial score (nSPS) is 12.2. The number of aromatic nitrogens is 4. The minimum Gasteiger partial charge on any atom is -0.313 e. The van der Waals surface area contributed by atoms with Gasteiger partial charge in [-0.25, -0.2) is 14.2 Å². The van der Waals surface area contributed by atoms with Gasteiger partial charge in [-0.1, -0.05) is 55.5 Å². The summed E-state index contributed by atoms with van der Waals surface area (Å²) in [6.07, 6.45) is 7.82. The van der Waals surface area contributed by atoms with E-state index in [0.29, 0.717) is 12.2 Å². The van der Waals surface area contributed by atoms with Crippen molar-refractivity contribution in [2.24, 2.45) is 14.1 Å². The summed E-state index contributed by atoms with van der Waals surface area (Å²) in [5.41, 5.74) is 0.371. The third kappa shape index (κ3) is 3.68. The molecule has 1 aromatic carbocycles. The number of benzene rings is 1. The summed E-state index contributed by atoms with van der Waals surface area (Å²) >= 11 is 6.25. The summed E-state index contributed by atoms with van der Waals surface area (Å²) in [5.74, 6) is -0.0535. The number of fused-ring (bicyclic) bond motifs is 1. The molecular formula is C22H22ClFN4O2. The summed E-state index contributed by atoms with van der Waals surface area (Å²) in [7, 11) is 2.95. The Morgan fingerprint density at radius 1 is 1.27 bits per heavy atom. The van der Waals surface area contributed by atoms with Crippen molar-refractivity contribution in [2.45, 2.75) is 19.9 Å². The van der Waals surface area contributed by atoms with Crippen molar-refractivity contribution in [3.8, 4) is 0 Å². The zero-order valence-electron chi connectivity index (χ0n) is 17.0. The lowest BCUT2D eigenvalue weighted by Crippen LogP contribution is -2.37. The van der Waals surface area contributed by atoms with E-state index in [-0.39, 0.29) is 28.3 Å². The van der Waals surface area contributed by atoms with E-state index < -0.39 is 17.1 Å². The molecule has 0 unspecified atom stereocenters. The Balaban J connectivity index is 2.44. The first-order valence-electron chi connectivity index (χ1n) is 9.40. The van der Waals surface area contributed by atoms with Gasteiger partial charge in [-0.15, -0.1) is 0 Å². The van der Waals surface area contributed by atoms with Crippen molar-refractivity contribution in [3.05, 3.63) is 92.1 Å². The SMILES string of the molecule is C=C/C=C\C(=C/CC)c1nc2c(c(=O)n(C)c(=O)n2C)n1Cc1c(F)cccc1Cl. The molecular weight excluding hydrogens is 407 g/mol. The van der Waals surface area contributed by atoms with Gasteiger partial charge in [0.25, 0.3) is 5.56 Å². The molecule has 3 aromatic rings. The Hall–Kier alpha value is -3.19. The molecule has 6 nitrogen and oxygen atoms in total. The molecule has 8 heteroatoms. The van der Waals surface area contributed by atoms with E-state index in [0.717, 1.165) is 10.1 Å². The summed E-state index contributed by atoms with van der Waals surface area (Å²) in [6.45, 7) is 5.64. The zero-order valence-corrected chi connectivity index (χ0v) is 17.8. The highest BCUT2D eigenvalue weighted by molar-refractivity contribution is 6.31. The van der Waals surface area contributed by atoms with Gasteiger partial charge in [0.1, 0.15) is 11.6 Å². The maximum absolute atomic E-state index is 14.6. The van der Waals surface area contributed by atoms with Crippen LogP contribution in [0.25, 0.3) is 16.7 Å². The molecule has 3 rings (SSSR count). The number of halogens is 2. The van der Waals surface area contributed by atoms with Gasteiger partial charge >= 0.3 is 5.69 Å². The minimum absolute atomic E-state index is 0.0201. The molecule has 0 atom stereocenters. The molecule has 0 bridgehead atoms. The highest BCUT2D eigenvalue weighted by Crippen LogP contribution is 2.26. The fourth-order valence-corrected chi connectivity index (χ4v) is 3.51. The van der Waals surface area contributed by atoms with Gasteiger partial charge in [0, 0.05) is 30.3 Å². The van der Waals surface area contributed by atoms with Crippen LogP contribution in [0.2, 0.25) is 5.02 Å². The molecule has 156 valence electrons. The van der Waals surface area contributed by atoms with Gasteiger partial charge in [-0.05, 0) is 18.6 Å². The Bertz CT molecular complexity index is 1290. The number of hydrogen-bond acceptors (Lipinski definition) is 3. The molecule has 0 saturated carbocycles. The number of imidazole rings is 1. The third-order valence-corrected chi connectivity index (χ3v) is 5.17. The molecule has 0 N–H and O–H groups in total. The van der Waals surface area contributed by atoms with E-state index >= 15 is 0 Å². The second kappa shape index (κ2) is 8.67. The topological polar surface area (TPSA) is 61.8 Å². The average molecular weight is 429 g/mol. The Morgan fingerprint density at radius 3 is 2.63 bits per heavy atom. The van der Waals surface area contributed by atoms with Gasteiger partial charge < -0.3 is 4.57 Å². The molecule has 0 amide bonds. The van der Waals surface area contributed by atoms with Crippen LogP contribution in [0.15, 0.2) is 58.7 Å². The predicted molar refractivity (Wildman–Crippen MR) is 118 cm³/mol. The smallest absolute Gasteiger partial charge is 0.313 e. The van der Waals surface area contributed by atoms with Crippen LogP contribution in [0.5, 0.6) is 0 Å². The fraction of sp³-hybridized carbons (Fsp3) is 0.227. The molecule has 2 aromatic heterocycles. The fourth-order valence-electron chi connectivity index (χ4n) is 3.29. The first kappa shape index (κ1) is 21.5. The molecule has 0 aliphatic rings. The average Bonchev–Trinajstić information content (AvgIpc) is 3.10. The van der Waals surface area contributed by atoms with Gasteiger partial charge in [0.15, 0.2) is 11.2 Å². The predicted octanol–water partition coefficient (Wildman–Crippen LogP) is 3.81. The molecule has 0 spiro atoms. The monoisotopic (exact) mass is 428 g/mol. The summed E-state index contributed by atoms with van der Waals surface area (Å²) in [6, 6.07) is 4.42. The molecule has 2 heterocycles. The second-order valence-corrected chi connectivity index (χ2v) is 7.17. The Morgan fingerprint density at radius 2 is 2.00 bits per heavy atom. The van der Waals surface area contributed by atoms with Crippen molar-refractivity contribution in [3.63, 3.8) is 0 Å². The quantitative estimate of drug-likeness (QED) is 0.561. The van der Waals surface area contributed by atoms with E-state index in [1.54, 1.807) is 35.9 Å². The van der Waals surface area contributed by atoms with Crippen LogP contribution >= 0.6 is 11.6 Å². The molecule has 0 fully saturated rings. The minimum atomic E-state index is -0.511. The van der Waals surface area contributed by atoms with Gasteiger partial charge in [-0.3, -0.25) is 13.9 Å². The summed E-state index contributed by atoms with van der Waals surface area (Å²) < 4.78 is 18.5. The summed E-state index contributed by atoms with van der Waals surface area (Å²) in [4.78, 5) is 30.0. The van der Waals surface area contributed by atoms with E-state index in [1.165, 1.54) is 23.7 Å². The van der Waals surface area contributed by atoms with E-state index in [9.17, 15) is 14.0 Å². The Kier molecular flexibility index (Phi) is 6.22. The number of rotatable bonds is 6. The van der Waals surface area contributed by atoms with Crippen molar-refractivity contribution in [1.29, 1.82) is 0 Å². The largest absolute Gasteiger partial charge is 0.332 e. The number of allylic oxidation sites excluding steroid dienone is 5. The van der Waals surface area contributed by atoms with Crippen molar-refractivity contribution < 1.29 is 4.39 Å². The highest BCUT2D eigenvalue weighted by atomic mass is 35.5. The second-order valence-electron chi connectivity index (χ2n) is 6.76. The lowest BCUT2D eigenvalue weighted by molar-refractivity contribution is 0.600. The number of aryl methyl sites for hydroxylation is 1. The van der Waals surface area contributed by atoms with Crippen LogP contribution in [0.4, 0.5) is 4.39 Å². The zero-order chi connectivity index (χ0) is 22.0. The number of nitrogens with zero attached hydrogens (tertiary/aromatic N) is 4. The summed E-state index contributed by atoms with van der Waals surface area (Å²) in [5, 5.41) is 0.243. The molecule has 30 heavy (non-hydrogen) atoms. The van der Waals surface area contributed by atoms with Crippen LogP contribution in [0.1, 0.15) is 24.7 Å². The van der Waals surface area contributed by atoms with Gasteiger partial charge in [-0.2, -0.15) is 0 Å². The molecule has 0 saturated heterocycles. The first-order chi connectivity index (χ1) is 14.3. The van der Waals surface area contributed by atoms with E-state index in [4.69, 9.17) is 11.6 Å². The first-order valence-corrected chi connectivity index (χ1v) is 9.78. The highest BCUT2D eigenvalue weighted by Gasteiger charge is 2.22. The Labute approximate surface area is 177 Å². The van der Waals surface area contributed by atoms with Crippen molar-refractivity contribution in [1.82, 2.24) is 18.7 Å². The lowest BCUT2D eigenvalue weighted by atomic mass is 10.1. The van der Waals surface area contributed by atoms with Crippen LogP contribution in [-0.2, 0) is 20.6 Å². The van der Waals surface area contributed by atoms with Crippen LogP contribution in [-0.4, -0.2) is 18.7 Å². The van der Waals surface area contributed by atoms with Gasteiger partial charge in [0.2, 0.25) is 0 Å². The van der Waals surface area contributed by atoms with Crippen LogP contribution in [0, 0.1) is 5.82 Å².